The number of hydrogen-bond donors (Lipinski definition) is 1. The topological polar surface area (TPSA) is 93.4 Å². The van der Waals surface area contributed by atoms with Crippen molar-refractivity contribution in [3.05, 3.63) is 24.2 Å². The monoisotopic (exact) mass is 381 g/mol. The molecule has 1 aromatic heterocycles. The normalized spacial score (nSPS) is 30.7. The smallest absolute Gasteiger partial charge is 0.368 e. The average Bonchev–Trinajstić information content (AvgIpc) is 3.31. The molecule has 2 aliphatic heterocycles. The Hall–Kier alpha value is -1.80. The fourth-order valence-electron chi connectivity index (χ4n) is 4.31. The number of nitrogens with two attached hydrogens (primary N) is 1. The Balaban J connectivity index is 2.10. The van der Waals surface area contributed by atoms with Crippen molar-refractivity contribution in [1.82, 2.24) is 4.90 Å². The summed E-state index contributed by atoms with van der Waals surface area (Å²) in [6, 6.07) is 3.14. The lowest BCUT2D eigenvalue weighted by Gasteiger charge is -2.29. The summed E-state index contributed by atoms with van der Waals surface area (Å²) < 4.78 is 10.9. The van der Waals surface area contributed by atoms with Crippen LogP contribution in [-0.4, -0.2) is 53.4 Å². The SMILES string of the molecule is CCOC(=O)[C@]1(CCSC)[NH2+][C@H](c2ccco2)[C@H]2C(=O)N(CC)C(=O)[C@@H]21. The third-order valence-electron chi connectivity index (χ3n) is 5.42. The molecular formula is C18H25N2O5S+. The van der Waals surface area contributed by atoms with E-state index in [4.69, 9.17) is 9.15 Å². The number of carbonyl (C=O) groups is 3. The van der Waals surface area contributed by atoms with E-state index in [0.717, 1.165) is 0 Å². The van der Waals surface area contributed by atoms with Crippen molar-refractivity contribution < 1.29 is 28.9 Å². The van der Waals surface area contributed by atoms with Crippen LogP contribution in [0, 0.1) is 11.8 Å². The second-order valence-corrected chi connectivity index (χ2v) is 7.62. The summed E-state index contributed by atoms with van der Waals surface area (Å²) in [5.41, 5.74) is -1.10. The number of furan rings is 1. The second-order valence-electron chi connectivity index (χ2n) is 6.64. The van der Waals surface area contributed by atoms with Gasteiger partial charge in [-0.1, -0.05) is 0 Å². The number of nitrogens with zero attached hydrogens (tertiary/aromatic N) is 1. The van der Waals surface area contributed by atoms with Crippen LogP contribution < -0.4 is 5.32 Å². The maximum Gasteiger partial charge on any atom is 0.368 e. The number of likely N-dealkylation sites (tertiary alicyclic amines) is 1. The van der Waals surface area contributed by atoms with E-state index in [2.05, 4.69) is 0 Å². The van der Waals surface area contributed by atoms with Gasteiger partial charge >= 0.3 is 5.97 Å². The van der Waals surface area contributed by atoms with Gasteiger partial charge in [-0.25, -0.2) is 4.79 Å². The predicted molar refractivity (Wildman–Crippen MR) is 95.1 cm³/mol. The van der Waals surface area contributed by atoms with E-state index >= 15 is 0 Å². The number of fused-ring (bicyclic) bond motifs is 1. The summed E-state index contributed by atoms with van der Waals surface area (Å²) >= 11 is 1.60. The van der Waals surface area contributed by atoms with E-state index in [-0.39, 0.29) is 18.4 Å². The van der Waals surface area contributed by atoms with E-state index in [1.54, 1.807) is 44.0 Å². The van der Waals surface area contributed by atoms with Gasteiger partial charge in [0.15, 0.2) is 11.8 Å². The molecule has 8 heteroatoms. The highest BCUT2D eigenvalue weighted by molar-refractivity contribution is 7.98. The molecule has 0 aromatic carbocycles. The number of carbonyl (C=O) groups excluding carboxylic acids is 3. The molecule has 0 radical (unpaired) electrons. The van der Waals surface area contributed by atoms with Gasteiger partial charge in [-0.05, 0) is 38.0 Å². The highest BCUT2D eigenvalue weighted by Gasteiger charge is 2.72. The lowest BCUT2D eigenvalue weighted by Crippen LogP contribution is -2.98. The Bertz CT molecular complexity index is 692. The first kappa shape index (κ1) is 19.0. The molecule has 0 saturated carbocycles. The molecule has 2 fully saturated rings. The number of rotatable bonds is 7. The van der Waals surface area contributed by atoms with Crippen molar-refractivity contribution in [2.45, 2.75) is 31.8 Å². The number of hydrogen-bond acceptors (Lipinski definition) is 6. The Morgan fingerprint density at radius 3 is 2.73 bits per heavy atom. The van der Waals surface area contributed by atoms with Crippen LogP contribution in [0.3, 0.4) is 0 Å². The Labute approximate surface area is 156 Å². The fourth-order valence-corrected chi connectivity index (χ4v) is 4.85. The van der Waals surface area contributed by atoms with Crippen LogP contribution in [0.1, 0.15) is 32.1 Å². The van der Waals surface area contributed by atoms with Crippen LogP contribution in [0.5, 0.6) is 0 Å². The van der Waals surface area contributed by atoms with Crippen molar-refractivity contribution in [2.24, 2.45) is 11.8 Å². The first-order valence-corrected chi connectivity index (χ1v) is 10.3. The standard InChI is InChI=1S/C18H24N2O5S/c1-4-20-15(21)12-13(16(20)22)18(8-10-26-3,17(23)24-5-2)19-14(12)11-7-6-9-25-11/h6-7,9,12-14,19H,4-5,8,10H2,1-3H3/p+1/t12-,13+,14+,18+/m0/s1. The highest BCUT2D eigenvalue weighted by Crippen LogP contribution is 2.46. The van der Waals surface area contributed by atoms with Gasteiger partial charge in [0.25, 0.3) is 0 Å². The molecule has 2 aliphatic rings. The van der Waals surface area contributed by atoms with Crippen molar-refractivity contribution in [2.75, 3.05) is 25.2 Å². The third kappa shape index (κ3) is 2.75. The minimum atomic E-state index is -1.10. The zero-order chi connectivity index (χ0) is 18.9. The number of thioether (sulfide) groups is 1. The van der Waals surface area contributed by atoms with Gasteiger partial charge in [0, 0.05) is 13.0 Å². The lowest BCUT2D eigenvalue weighted by atomic mass is 9.78. The van der Waals surface area contributed by atoms with E-state index in [9.17, 15) is 14.4 Å². The Morgan fingerprint density at radius 1 is 1.38 bits per heavy atom. The van der Waals surface area contributed by atoms with Gasteiger partial charge in [-0.15, -0.1) is 0 Å². The van der Waals surface area contributed by atoms with Crippen LogP contribution in [0.4, 0.5) is 0 Å². The molecule has 0 aliphatic carbocycles. The zero-order valence-electron chi connectivity index (χ0n) is 15.3. The van der Waals surface area contributed by atoms with E-state index < -0.39 is 29.4 Å². The second kappa shape index (κ2) is 7.44. The molecule has 2 saturated heterocycles. The molecule has 0 unspecified atom stereocenters. The molecule has 0 bridgehead atoms. The quantitative estimate of drug-likeness (QED) is 0.548. The number of ether oxygens (including phenoxy) is 1. The van der Waals surface area contributed by atoms with Gasteiger partial charge in [-0.3, -0.25) is 14.5 Å². The molecule has 0 spiro atoms. The molecule has 26 heavy (non-hydrogen) atoms. The van der Waals surface area contributed by atoms with Crippen molar-refractivity contribution >= 4 is 29.5 Å². The average molecular weight is 381 g/mol. The van der Waals surface area contributed by atoms with E-state index in [1.165, 1.54) is 4.90 Å². The van der Waals surface area contributed by atoms with Gasteiger partial charge < -0.3 is 14.5 Å². The predicted octanol–water partition coefficient (Wildman–Crippen LogP) is 0.574. The summed E-state index contributed by atoms with van der Waals surface area (Å²) in [5, 5.41) is 1.85. The molecule has 7 nitrogen and oxygen atoms in total. The molecule has 4 atom stereocenters. The van der Waals surface area contributed by atoms with E-state index in [1.807, 2.05) is 11.6 Å². The molecule has 2 amide bonds. The molecule has 3 heterocycles. The lowest BCUT2D eigenvalue weighted by molar-refractivity contribution is -0.736. The summed E-state index contributed by atoms with van der Waals surface area (Å²) in [5.74, 6) is -0.961. The van der Waals surface area contributed by atoms with Crippen LogP contribution in [0.2, 0.25) is 0 Å². The van der Waals surface area contributed by atoms with Crippen LogP contribution >= 0.6 is 11.8 Å². The summed E-state index contributed by atoms with van der Waals surface area (Å²) in [6.45, 7) is 4.06. The largest absolute Gasteiger partial charge is 0.463 e. The summed E-state index contributed by atoms with van der Waals surface area (Å²) in [4.78, 5) is 40.3. The van der Waals surface area contributed by atoms with Crippen LogP contribution in [0.15, 0.2) is 22.8 Å². The van der Waals surface area contributed by atoms with Gasteiger partial charge in [0.2, 0.25) is 17.4 Å². The fraction of sp³-hybridized carbons (Fsp3) is 0.611. The molecule has 142 valence electrons. The first-order valence-electron chi connectivity index (χ1n) is 8.92. The third-order valence-corrected chi connectivity index (χ3v) is 6.04. The van der Waals surface area contributed by atoms with Crippen molar-refractivity contribution in [3.8, 4) is 0 Å². The van der Waals surface area contributed by atoms with E-state index in [0.29, 0.717) is 24.5 Å². The maximum atomic E-state index is 13.1. The van der Waals surface area contributed by atoms with Gasteiger partial charge in [-0.2, -0.15) is 11.8 Å². The minimum Gasteiger partial charge on any atom is -0.463 e. The molecular weight excluding hydrogens is 356 g/mol. The van der Waals surface area contributed by atoms with Crippen molar-refractivity contribution in [3.63, 3.8) is 0 Å². The Morgan fingerprint density at radius 2 is 2.15 bits per heavy atom. The number of imide groups is 1. The number of esters is 1. The molecule has 1 aromatic rings. The maximum absolute atomic E-state index is 13.1. The van der Waals surface area contributed by atoms with Gasteiger partial charge in [0.05, 0.1) is 12.9 Å². The molecule has 3 rings (SSSR count). The van der Waals surface area contributed by atoms with Crippen LogP contribution in [0.25, 0.3) is 0 Å². The first-order chi connectivity index (χ1) is 12.5. The number of quaternary nitrogens is 1. The Kier molecular flexibility index (Phi) is 5.43. The highest BCUT2D eigenvalue weighted by atomic mass is 32.2. The number of amides is 2. The summed E-state index contributed by atoms with van der Waals surface area (Å²) in [7, 11) is 0. The van der Waals surface area contributed by atoms with Crippen molar-refractivity contribution in [1.29, 1.82) is 0 Å². The minimum absolute atomic E-state index is 0.226. The molecule has 2 N–H and O–H groups in total. The summed E-state index contributed by atoms with van der Waals surface area (Å²) in [6.07, 6.45) is 3.96. The zero-order valence-corrected chi connectivity index (χ0v) is 16.1. The van der Waals surface area contributed by atoms with Gasteiger partial charge in [0.1, 0.15) is 11.8 Å². The van der Waals surface area contributed by atoms with Crippen LogP contribution in [-0.2, 0) is 19.1 Å².